The molecular formula is C17H17N5. The zero-order chi connectivity index (χ0) is 15.0. The van der Waals surface area contributed by atoms with E-state index >= 15 is 0 Å². The first-order valence-electron chi connectivity index (χ1n) is 7.67. The monoisotopic (exact) mass is 291 g/mol. The second kappa shape index (κ2) is 4.99. The van der Waals surface area contributed by atoms with E-state index in [1.165, 1.54) is 12.8 Å². The Hall–Kier alpha value is -2.61. The molecule has 1 aliphatic carbocycles. The highest BCUT2D eigenvalue weighted by Gasteiger charge is 2.36. The lowest BCUT2D eigenvalue weighted by Crippen LogP contribution is -2.30. The molecule has 110 valence electrons. The molecule has 0 radical (unpaired) electrons. The van der Waals surface area contributed by atoms with Crippen LogP contribution in [0.4, 0.5) is 0 Å². The van der Waals surface area contributed by atoms with Gasteiger partial charge in [0.1, 0.15) is 5.65 Å². The maximum absolute atomic E-state index is 9.19. The lowest BCUT2D eigenvalue weighted by Gasteiger charge is -2.26. The molecule has 0 spiro atoms. The van der Waals surface area contributed by atoms with Crippen LogP contribution in [0.1, 0.15) is 32.1 Å². The third kappa shape index (κ3) is 1.92. The zero-order valence-electron chi connectivity index (χ0n) is 12.3. The first-order valence-corrected chi connectivity index (χ1v) is 7.67. The van der Waals surface area contributed by atoms with E-state index in [1.807, 2.05) is 35.4 Å². The Morgan fingerprint density at radius 2 is 2.18 bits per heavy atom. The minimum atomic E-state index is -0.114. The van der Waals surface area contributed by atoms with Crippen LogP contribution in [-0.4, -0.2) is 19.7 Å². The average Bonchev–Trinajstić information content (AvgIpc) is 3.27. The van der Waals surface area contributed by atoms with Gasteiger partial charge in [-0.2, -0.15) is 10.4 Å². The molecule has 0 aliphatic heterocycles. The summed E-state index contributed by atoms with van der Waals surface area (Å²) >= 11 is 0. The van der Waals surface area contributed by atoms with Crippen LogP contribution in [0.3, 0.4) is 0 Å². The number of nitrogens with one attached hydrogen (secondary N) is 1. The number of nitriles is 1. The molecule has 0 aromatic carbocycles. The highest BCUT2D eigenvalue weighted by atomic mass is 15.3. The SMILES string of the molecule is N#CCC1(n2cc(-c3ccnc4[nH]ccc34)cn2)CCCC1. The van der Waals surface area contributed by atoms with Crippen molar-refractivity contribution in [3.8, 4) is 17.2 Å². The minimum Gasteiger partial charge on any atom is -0.346 e. The molecule has 3 aromatic heterocycles. The first-order chi connectivity index (χ1) is 10.8. The molecule has 3 heterocycles. The molecule has 0 atom stereocenters. The van der Waals surface area contributed by atoms with Crippen LogP contribution in [0.2, 0.25) is 0 Å². The smallest absolute Gasteiger partial charge is 0.137 e. The summed E-state index contributed by atoms with van der Waals surface area (Å²) < 4.78 is 2.03. The highest BCUT2D eigenvalue weighted by Crippen LogP contribution is 2.40. The van der Waals surface area contributed by atoms with Gasteiger partial charge in [-0.3, -0.25) is 4.68 Å². The fourth-order valence-electron chi connectivity index (χ4n) is 3.60. The quantitative estimate of drug-likeness (QED) is 0.801. The van der Waals surface area contributed by atoms with Gasteiger partial charge >= 0.3 is 0 Å². The molecule has 4 rings (SSSR count). The molecule has 1 saturated carbocycles. The van der Waals surface area contributed by atoms with Crippen LogP contribution in [0, 0.1) is 11.3 Å². The van der Waals surface area contributed by atoms with Crippen molar-refractivity contribution in [2.24, 2.45) is 0 Å². The van der Waals surface area contributed by atoms with E-state index in [9.17, 15) is 5.26 Å². The fraction of sp³-hybridized carbons (Fsp3) is 0.353. The van der Waals surface area contributed by atoms with Gasteiger partial charge < -0.3 is 4.98 Å². The number of rotatable bonds is 3. The highest BCUT2D eigenvalue weighted by molar-refractivity contribution is 5.92. The average molecular weight is 291 g/mol. The molecule has 1 N–H and O–H groups in total. The molecule has 0 unspecified atom stereocenters. The molecule has 1 aliphatic rings. The van der Waals surface area contributed by atoms with Gasteiger partial charge in [-0.1, -0.05) is 12.8 Å². The van der Waals surface area contributed by atoms with Crippen molar-refractivity contribution >= 4 is 11.0 Å². The van der Waals surface area contributed by atoms with Crippen molar-refractivity contribution in [1.29, 1.82) is 5.26 Å². The van der Waals surface area contributed by atoms with E-state index in [0.717, 1.165) is 35.0 Å². The Morgan fingerprint density at radius 3 is 3.00 bits per heavy atom. The predicted molar refractivity (Wildman–Crippen MR) is 84.0 cm³/mol. The Balaban J connectivity index is 1.78. The van der Waals surface area contributed by atoms with Crippen molar-refractivity contribution in [3.05, 3.63) is 36.9 Å². The summed E-state index contributed by atoms with van der Waals surface area (Å²) in [6.45, 7) is 0. The van der Waals surface area contributed by atoms with Crippen LogP contribution in [0.25, 0.3) is 22.2 Å². The second-order valence-corrected chi connectivity index (χ2v) is 6.04. The van der Waals surface area contributed by atoms with Crippen LogP contribution >= 0.6 is 0 Å². The second-order valence-electron chi connectivity index (χ2n) is 6.04. The minimum absolute atomic E-state index is 0.114. The van der Waals surface area contributed by atoms with Crippen molar-refractivity contribution in [3.63, 3.8) is 0 Å². The lowest BCUT2D eigenvalue weighted by atomic mass is 9.94. The van der Waals surface area contributed by atoms with Gasteiger partial charge in [0.05, 0.1) is 24.2 Å². The fourth-order valence-corrected chi connectivity index (χ4v) is 3.60. The summed E-state index contributed by atoms with van der Waals surface area (Å²) in [7, 11) is 0. The number of fused-ring (bicyclic) bond motifs is 1. The normalized spacial score (nSPS) is 16.9. The molecule has 3 aromatic rings. The molecule has 0 saturated heterocycles. The predicted octanol–water partition coefficient (Wildman–Crippen LogP) is 3.61. The van der Waals surface area contributed by atoms with Crippen molar-refractivity contribution in [2.45, 2.75) is 37.6 Å². The Morgan fingerprint density at radius 1 is 1.32 bits per heavy atom. The van der Waals surface area contributed by atoms with Crippen LogP contribution in [0.5, 0.6) is 0 Å². The molecule has 22 heavy (non-hydrogen) atoms. The zero-order valence-corrected chi connectivity index (χ0v) is 12.3. The number of hydrogen-bond acceptors (Lipinski definition) is 3. The maximum Gasteiger partial charge on any atom is 0.137 e. The number of H-pyrrole nitrogens is 1. The molecule has 5 heteroatoms. The number of hydrogen-bond donors (Lipinski definition) is 1. The van der Waals surface area contributed by atoms with E-state index in [4.69, 9.17) is 0 Å². The van der Waals surface area contributed by atoms with Crippen molar-refractivity contribution in [2.75, 3.05) is 0 Å². The Bertz CT molecular complexity index is 845. The third-order valence-electron chi connectivity index (χ3n) is 4.78. The Labute approximate surface area is 128 Å². The van der Waals surface area contributed by atoms with E-state index in [1.54, 1.807) is 0 Å². The summed E-state index contributed by atoms with van der Waals surface area (Å²) in [5.74, 6) is 0. The third-order valence-corrected chi connectivity index (χ3v) is 4.78. The van der Waals surface area contributed by atoms with E-state index in [0.29, 0.717) is 6.42 Å². The summed E-state index contributed by atoms with van der Waals surface area (Å²) in [5, 5.41) is 14.9. The number of aromatic nitrogens is 4. The van der Waals surface area contributed by atoms with Gasteiger partial charge in [0, 0.05) is 29.5 Å². The van der Waals surface area contributed by atoms with Crippen molar-refractivity contribution in [1.82, 2.24) is 19.7 Å². The lowest BCUT2D eigenvalue weighted by molar-refractivity contribution is 0.269. The number of nitrogens with zero attached hydrogens (tertiary/aromatic N) is 4. The van der Waals surface area contributed by atoms with Gasteiger partial charge in [-0.15, -0.1) is 0 Å². The van der Waals surface area contributed by atoms with Crippen LogP contribution < -0.4 is 0 Å². The summed E-state index contributed by atoms with van der Waals surface area (Å²) in [6.07, 6.45) is 12.7. The van der Waals surface area contributed by atoms with Gasteiger partial charge in [0.15, 0.2) is 0 Å². The van der Waals surface area contributed by atoms with E-state index in [-0.39, 0.29) is 5.54 Å². The summed E-state index contributed by atoms with van der Waals surface area (Å²) in [5.41, 5.74) is 2.98. The standard InChI is InChI=1S/C17H17N5/c18-8-7-17(5-1-2-6-17)22-12-13(11-21-22)14-3-9-19-16-15(14)4-10-20-16/h3-4,9-12H,1-2,5-7H2,(H,19,20). The number of aromatic amines is 1. The van der Waals surface area contributed by atoms with Crippen LogP contribution in [0.15, 0.2) is 36.9 Å². The molecule has 0 bridgehead atoms. The van der Waals surface area contributed by atoms with Gasteiger partial charge in [0.2, 0.25) is 0 Å². The van der Waals surface area contributed by atoms with E-state index in [2.05, 4.69) is 27.3 Å². The van der Waals surface area contributed by atoms with E-state index < -0.39 is 0 Å². The van der Waals surface area contributed by atoms with Crippen molar-refractivity contribution < 1.29 is 0 Å². The molecule has 5 nitrogen and oxygen atoms in total. The topological polar surface area (TPSA) is 70.3 Å². The molecule has 1 fully saturated rings. The first kappa shape index (κ1) is 13.1. The molecule has 0 amide bonds. The Kier molecular flexibility index (Phi) is 2.97. The summed E-state index contributed by atoms with van der Waals surface area (Å²) in [4.78, 5) is 7.47. The van der Waals surface area contributed by atoms with Gasteiger partial charge in [-0.05, 0) is 30.5 Å². The van der Waals surface area contributed by atoms with Gasteiger partial charge in [0.25, 0.3) is 0 Å². The van der Waals surface area contributed by atoms with Crippen LogP contribution in [-0.2, 0) is 5.54 Å². The summed E-state index contributed by atoms with van der Waals surface area (Å²) in [6, 6.07) is 6.40. The van der Waals surface area contributed by atoms with Gasteiger partial charge in [-0.25, -0.2) is 4.98 Å². The maximum atomic E-state index is 9.19. The largest absolute Gasteiger partial charge is 0.346 e. The number of pyridine rings is 1. The molecular weight excluding hydrogens is 274 g/mol.